The second-order valence-electron chi connectivity index (χ2n) is 2.84. The summed E-state index contributed by atoms with van der Waals surface area (Å²) in [5.74, 6) is 0. The van der Waals surface area contributed by atoms with Crippen LogP contribution in [0.1, 0.15) is 5.56 Å². The highest BCUT2D eigenvalue weighted by Gasteiger charge is 1.98. The number of hydrogen-bond acceptors (Lipinski definition) is 3. The van der Waals surface area contributed by atoms with Gasteiger partial charge < -0.3 is 14.9 Å². The summed E-state index contributed by atoms with van der Waals surface area (Å²) in [6.45, 7) is 0.184. The molecule has 2 N–H and O–H groups in total. The summed E-state index contributed by atoms with van der Waals surface area (Å²) in [7, 11) is 0. The van der Waals surface area contributed by atoms with E-state index in [1.807, 2.05) is 28.9 Å². The Morgan fingerprint density at radius 1 is 1.57 bits per heavy atom. The van der Waals surface area contributed by atoms with Crippen molar-refractivity contribution < 1.29 is 9.53 Å². The molecule has 0 aliphatic rings. The number of nitrogens with zero attached hydrogens (tertiary/aromatic N) is 2. The van der Waals surface area contributed by atoms with Crippen LogP contribution < -0.4 is 5.73 Å². The molecule has 0 unspecified atom stereocenters. The Kier molecular flexibility index (Phi) is 2.06. The van der Waals surface area contributed by atoms with Crippen LogP contribution >= 0.6 is 0 Å². The molecular formula is C9H9N3O2. The molecule has 14 heavy (non-hydrogen) atoms. The zero-order valence-corrected chi connectivity index (χ0v) is 7.38. The van der Waals surface area contributed by atoms with Gasteiger partial charge in [-0.1, -0.05) is 6.07 Å². The Morgan fingerprint density at radius 2 is 2.43 bits per heavy atom. The number of carbonyl (C=O) groups is 1. The lowest BCUT2D eigenvalue weighted by molar-refractivity contribution is 0.150. The summed E-state index contributed by atoms with van der Waals surface area (Å²) in [5, 5.41) is 0. The molecule has 0 aliphatic carbocycles. The van der Waals surface area contributed by atoms with Crippen LogP contribution in [-0.2, 0) is 11.3 Å². The predicted octanol–water partition coefficient (Wildman–Crippen LogP) is 0.930. The summed E-state index contributed by atoms with van der Waals surface area (Å²) < 4.78 is 6.51. The molecule has 0 spiro atoms. The van der Waals surface area contributed by atoms with Crippen LogP contribution in [0.4, 0.5) is 4.79 Å². The third-order valence-corrected chi connectivity index (χ3v) is 1.83. The lowest BCUT2D eigenvalue weighted by Gasteiger charge is -2.02. The molecule has 0 saturated carbocycles. The van der Waals surface area contributed by atoms with E-state index in [-0.39, 0.29) is 6.61 Å². The fourth-order valence-electron chi connectivity index (χ4n) is 1.21. The Morgan fingerprint density at radius 3 is 3.21 bits per heavy atom. The Balaban J connectivity index is 2.21. The number of aromatic nitrogens is 2. The number of carbonyl (C=O) groups excluding carboxylic acids is 1. The first-order valence-corrected chi connectivity index (χ1v) is 4.09. The van der Waals surface area contributed by atoms with Gasteiger partial charge >= 0.3 is 6.09 Å². The van der Waals surface area contributed by atoms with Gasteiger partial charge in [0.1, 0.15) is 12.3 Å². The molecule has 2 heterocycles. The SMILES string of the molecule is NC(=O)OCc1ccc2nccn2c1. The number of primary amides is 1. The van der Waals surface area contributed by atoms with Crippen molar-refractivity contribution in [1.82, 2.24) is 9.38 Å². The fourth-order valence-corrected chi connectivity index (χ4v) is 1.21. The first kappa shape index (κ1) is 8.55. The van der Waals surface area contributed by atoms with Crippen molar-refractivity contribution in [2.75, 3.05) is 0 Å². The minimum atomic E-state index is -0.768. The number of fused-ring (bicyclic) bond motifs is 1. The summed E-state index contributed by atoms with van der Waals surface area (Å²) in [6, 6.07) is 3.69. The van der Waals surface area contributed by atoms with Crippen molar-refractivity contribution in [2.24, 2.45) is 5.73 Å². The molecule has 1 amide bonds. The van der Waals surface area contributed by atoms with Gasteiger partial charge in [-0.25, -0.2) is 9.78 Å². The first-order chi connectivity index (χ1) is 6.75. The van der Waals surface area contributed by atoms with Crippen LogP contribution in [0, 0.1) is 0 Å². The number of pyridine rings is 1. The summed E-state index contributed by atoms with van der Waals surface area (Å²) in [5.41, 5.74) is 6.58. The number of amides is 1. The van der Waals surface area contributed by atoms with E-state index < -0.39 is 6.09 Å². The Hall–Kier alpha value is -2.04. The Bertz CT molecular complexity index is 464. The molecule has 5 nitrogen and oxygen atoms in total. The van der Waals surface area contributed by atoms with Crippen LogP contribution in [0.3, 0.4) is 0 Å². The van der Waals surface area contributed by atoms with Gasteiger partial charge in [-0.2, -0.15) is 0 Å². The maximum Gasteiger partial charge on any atom is 0.404 e. The minimum Gasteiger partial charge on any atom is -0.445 e. The van der Waals surface area contributed by atoms with Crippen LogP contribution in [0.15, 0.2) is 30.7 Å². The molecule has 0 aromatic carbocycles. The van der Waals surface area contributed by atoms with Gasteiger partial charge in [-0.3, -0.25) is 0 Å². The van der Waals surface area contributed by atoms with Crippen molar-refractivity contribution in [3.63, 3.8) is 0 Å². The average molecular weight is 191 g/mol. The van der Waals surface area contributed by atoms with Gasteiger partial charge in [-0.15, -0.1) is 0 Å². The normalized spacial score (nSPS) is 10.3. The van der Waals surface area contributed by atoms with Gasteiger partial charge in [-0.05, 0) is 6.07 Å². The molecule has 2 rings (SSSR count). The van der Waals surface area contributed by atoms with E-state index in [4.69, 9.17) is 5.73 Å². The highest BCUT2D eigenvalue weighted by atomic mass is 16.5. The number of hydrogen-bond donors (Lipinski definition) is 1. The van der Waals surface area contributed by atoms with E-state index in [0.717, 1.165) is 11.2 Å². The molecule has 0 atom stereocenters. The molecule has 0 bridgehead atoms. The van der Waals surface area contributed by atoms with Crippen LogP contribution in [0.25, 0.3) is 5.65 Å². The van der Waals surface area contributed by atoms with E-state index in [2.05, 4.69) is 9.72 Å². The lowest BCUT2D eigenvalue weighted by Crippen LogP contribution is -2.12. The highest BCUT2D eigenvalue weighted by Crippen LogP contribution is 2.05. The summed E-state index contributed by atoms with van der Waals surface area (Å²) >= 11 is 0. The van der Waals surface area contributed by atoms with Gasteiger partial charge in [0, 0.05) is 24.2 Å². The van der Waals surface area contributed by atoms with Gasteiger partial charge in [0.25, 0.3) is 0 Å². The van der Waals surface area contributed by atoms with Crippen molar-refractivity contribution >= 4 is 11.7 Å². The summed E-state index contributed by atoms with van der Waals surface area (Å²) in [6.07, 6.45) is 4.60. The molecule has 72 valence electrons. The topological polar surface area (TPSA) is 69.6 Å². The van der Waals surface area contributed by atoms with Crippen molar-refractivity contribution in [1.29, 1.82) is 0 Å². The molecular weight excluding hydrogens is 182 g/mol. The van der Waals surface area contributed by atoms with Gasteiger partial charge in [0.15, 0.2) is 0 Å². The molecule has 2 aromatic heterocycles. The largest absolute Gasteiger partial charge is 0.445 e. The second kappa shape index (κ2) is 3.37. The third kappa shape index (κ3) is 1.66. The molecule has 5 heteroatoms. The Labute approximate surface area is 80.1 Å². The molecule has 0 saturated heterocycles. The number of imidazole rings is 1. The van der Waals surface area contributed by atoms with E-state index in [1.54, 1.807) is 6.20 Å². The van der Waals surface area contributed by atoms with Crippen LogP contribution in [-0.4, -0.2) is 15.5 Å². The van der Waals surface area contributed by atoms with Crippen LogP contribution in [0.5, 0.6) is 0 Å². The van der Waals surface area contributed by atoms with Crippen LogP contribution in [0.2, 0.25) is 0 Å². The number of rotatable bonds is 2. The average Bonchev–Trinajstić information content (AvgIpc) is 2.61. The van der Waals surface area contributed by atoms with Gasteiger partial charge in [0.05, 0.1) is 0 Å². The quantitative estimate of drug-likeness (QED) is 0.767. The number of nitrogens with two attached hydrogens (primary N) is 1. The van der Waals surface area contributed by atoms with E-state index in [0.29, 0.717) is 0 Å². The summed E-state index contributed by atoms with van der Waals surface area (Å²) in [4.78, 5) is 14.5. The minimum absolute atomic E-state index is 0.184. The maximum absolute atomic E-state index is 10.4. The van der Waals surface area contributed by atoms with E-state index >= 15 is 0 Å². The van der Waals surface area contributed by atoms with Gasteiger partial charge in [0.2, 0.25) is 0 Å². The standard InChI is InChI=1S/C9H9N3O2/c10-9(13)14-6-7-1-2-8-11-3-4-12(8)5-7/h1-5H,6H2,(H2,10,13). The molecule has 2 aromatic rings. The third-order valence-electron chi connectivity index (χ3n) is 1.83. The zero-order valence-electron chi connectivity index (χ0n) is 7.38. The van der Waals surface area contributed by atoms with E-state index in [9.17, 15) is 4.79 Å². The van der Waals surface area contributed by atoms with E-state index in [1.165, 1.54) is 0 Å². The first-order valence-electron chi connectivity index (χ1n) is 4.09. The number of ether oxygens (including phenoxy) is 1. The van der Waals surface area contributed by atoms with Crippen molar-refractivity contribution in [2.45, 2.75) is 6.61 Å². The van der Waals surface area contributed by atoms with Crippen molar-refractivity contribution in [3.8, 4) is 0 Å². The van der Waals surface area contributed by atoms with Crippen molar-refractivity contribution in [3.05, 3.63) is 36.3 Å². The second-order valence-corrected chi connectivity index (χ2v) is 2.84. The monoisotopic (exact) mass is 191 g/mol. The maximum atomic E-state index is 10.4. The highest BCUT2D eigenvalue weighted by molar-refractivity contribution is 5.64. The fraction of sp³-hybridized carbons (Fsp3) is 0.111. The molecule has 0 radical (unpaired) electrons. The smallest absolute Gasteiger partial charge is 0.404 e. The molecule has 0 aliphatic heterocycles. The lowest BCUT2D eigenvalue weighted by atomic mass is 10.3. The molecule has 0 fully saturated rings. The zero-order chi connectivity index (χ0) is 9.97. The predicted molar refractivity (Wildman–Crippen MR) is 49.6 cm³/mol.